The summed E-state index contributed by atoms with van der Waals surface area (Å²) in [5, 5.41) is 8.41. The van der Waals surface area contributed by atoms with Crippen molar-refractivity contribution in [1.82, 2.24) is 19.5 Å². The Balaban J connectivity index is 1.90. The van der Waals surface area contributed by atoms with Crippen LogP contribution < -0.4 is 5.76 Å². The van der Waals surface area contributed by atoms with E-state index in [9.17, 15) is 4.79 Å². The van der Waals surface area contributed by atoms with Crippen LogP contribution in [0.1, 0.15) is 43.5 Å². The maximum atomic E-state index is 11.9. The average molecular weight is 326 g/mol. The molecule has 0 atom stereocenters. The Hall–Kier alpha value is -2.63. The van der Waals surface area contributed by atoms with Gasteiger partial charge in [0.25, 0.3) is 0 Å². The van der Waals surface area contributed by atoms with Gasteiger partial charge in [0.15, 0.2) is 5.82 Å². The Morgan fingerprint density at radius 2 is 1.79 bits per heavy atom. The van der Waals surface area contributed by atoms with Gasteiger partial charge in [-0.15, -0.1) is 0 Å². The molecule has 0 saturated carbocycles. The van der Waals surface area contributed by atoms with Gasteiger partial charge in [-0.3, -0.25) is 9.09 Å². The SMILES string of the molecule is Cc1cc(C)n(-c2ccc(Cn3c(C(C)(C)C)noc3=O)cc2)n1. The highest BCUT2D eigenvalue weighted by atomic mass is 16.5. The van der Waals surface area contributed by atoms with E-state index in [1.165, 1.54) is 0 Å². The first-order valence-electron chi connectivity index (χ1n) is 7.95. The molecule has 24 heavy (non-hydrogen) atoms. The number of nitrogens with zero attached hydrogens (tertiary/aromatic N) is 4. The van der Waals surface area contributed by atoms with Crippen molar-refractivity contribution < 1.29 is 4.52 Å². The summed E-state index contributed by atoms with van der Waals surface area (Å²) in [6, 6.07) is 10.0. The molecule has 0 spiro atoms. The highest BCUT2D eigenvalue weighted by molar-refractivity contribution is 5.36. The molecule has 1 aromatic carbocycles. The molecular weight excluding hydrogens is 304 g/mol. The maximum absolute atomic E-state index is 11.9. The van der Waals surface area contributed by atoms with Crippen LogP contribution in [0.5, 0.6) is 0 Å². The number of hydrogen-bond donors (Lipinski definition) is 0. The molecule has 126 valence electrons. The van der Waals surface area contributed by atoms with Crippen molar-refractivity contribution in [2.75, 3.05) is 0 Å². The number of aromatic nitrogens is 4. The van der Waals surface area contributed by atoms with E-state index in [4.69, 9.17) is 4.52 Å². The molecule has 6 heteroatoms. The van der Waals surface area contributed by atoms with Gasteiger partial charge in [0, 0.05) is 11.1 Å². The molecule has 0 aliphatic heterocycles. The van der Waals surface area contributed by atoms with Crippen LogP contribution in [0, 0.1) is 13.8 Å². The lowest BCUT2D eigenvalue weighted by Gasteiger charge is -2.17. The molecule has 0 aliphatic rings. The van der Waals surface area contributed by atoms with Gasteiger partial charge in [-0.1, -0.05) is 38.1 Å². The van der Waals surface area contributed by atoms with E-state index in [1.807, 2.05) is 69.6 Å². The summed E-state index contributed by atoms with van der Waals surface area (Å²) in [5.74, 6) is 0.220. The molecule has 0 amide bonds. The fourth-order valence-electron chi connectivity index (χ4n) is 2.76. The summed E-state index contributed by atoms with van der Waals surface area (Å²) in [7, 11) is 0. The maximum Gasteiger partial charge on any atom is 0.441 e. The third kappa shape index (κ3) is 3.04. The zero-order valence-corrected chi connectivity index (χ0v) is 14.7. The van der Waals surface area contributed by atoms with Crippen molar-refractivity contribution in [2.24, 2.45) is 0 Å². The normalized spacial score (nSPS) is 11.9. The topological polar surface area (TPSA) is 65.8 Å². The first-order valence-corrected chi connectivity index (χ1v) is 7.95. The van der Waals surface area contributed by atoms with E-state index >= 15 is 0 Å². The van der Waals surface area contributed by atoms with Crippen LogP contribution in [0.2, 0.25) is 0 Å². The van der Waals surface area contributed by atoms with Crippen molar-refractivity contribution in [3.8, 4) is 5.69 Å². The zero-order chi connectivity index (χ0) is 17.5. The Labute approximate surface area is 140 Å². The van der Waals surface area contributed by atoms with Gasteiger partial charge >= 0.3 is 5.76 Å². The molecule has 0 fully saturated rings. The zero-order valence-electron chi connectivity index (χ0n) is 14.7. The second kappa shape index (κ2) is 5.78. The lowest BCUT2D eigenvalue weighted by Crippen LogP contribution is -2.25. The molecule has 3 rings (SSSR count). The number of rotatable bonds is 3. The van der Waals surface area contributed by atoms with Gasteiger partial charge in [-0.25, -0.2) is 9.48 Å². The number of hydrogen-bond acceptors (Lipinski definition) is 4. The fraction of sp³-hybridized carbons (Fsp3) is 0.389. The van der Waals surface area contributed by atoms with Gasteiger partial charge in [-0.05, 0) is 37.6 Å². The summed E-state index contributed by atoms with van der Waals surface area (Å²) in [6.45, 7) is 10.5. The molecule has 0 bridgehead atoms. The molecule has 2 aromatic heterocycles. The lowest BCUT2D eigenvalue weighted by atomic mass is 9.95. The second-order valence-electron chi connectivity index (χ2n) is 7.11. The van der Waals surface area contributed by atoms with Crippen LogP contribution >= 0.6 is 0 Å². The van der Waals surface area contributed by atoms with Crippen LogP contribution in [-0.4, -0.2) is 19.5 Å². The van der Waals surface area contributed by atoms with Gasteiger partial charge in [-0.2, -0.15) is 5.10 Å². The van der Waals surface area contributed by atoms with E-state index < -0.39 is 5.76 Å². The van der Waals surface area contributed by atoms with Crippen LogP contribution in [0.25, 0.3) is 5.69 Å². The van der Waals surface area contributed by atoms with E-state index in [0.717, 1.165) is 22.6 Å². The summed E-state index contributed by atoms with van der Waals surface area (Å²) in [4.78, 5) is 11.9. The number of aryl methyl sites for hydroxylation is 2. The molecule has 6 nitrogen and oxygen atoms in total. The van der Waals surface area contributed by atoms with Crippen molar-refractivity contribution >= 4 is 0 Å². The second-order valence-corrected chi connectivity index (χ2v) is 7.11. The van der Waals surface area contributed by atoms with Crippen LogP contribution in [0.3, 0.4) is 0 Å². The van der Waals surface area contributed by atoms with Crippen LogP contribution in [-0.2, 0) is 12.0 Å². The van der Waals surface area contributed by atoms with Crippen molar-refractivity contribution in [3.05, 3.63) is 63.7 Å². The molecule has 0 unspecified atom stereocenters. The van der Waals surface area contributed by atoms with E-state index in [1.54, 1.807) is 4.57 Å². The third-order valence-corrected chi connectivity index (χ3v) is 3.89. The smallest absolute Gasteiger partial charge is 0.296 e. The van der Waals surface area contributed by atoms with Crippen molar-refractivity contribution in [3.63, 3.8) is 0 Å². The van der Waals surface area contributed by atoms with Gasteiger partial charge < -0.3 is 0 Å². The van der Waals surface area contributed by atoms with Gasteiger partial charge in [0.05, 0.1) is 17.9 Å². The Kier molecular flexibility index (Phi) is 3.91. The number of benzene rings is 1. The Morgan fingerprint density at radius 3 is 2.33 bits per heavy atom. The highest BCUT2D eigenvalue weighted by Crippen LogP contribution is 2.20. The largest absolute Gasteiger partial charge is 0.441 e. The Morgan fingerprint density at radius 1 is 1.12 bits per heavy atom. The van der Waals surface area contributed by atoms with Crippen molar-refractivity contribution in [1.29, 1.82) is 0 Å². The predicted molar refractivity (Wildman–Crippen MR) is 91.6 cm³/mol. The summed E-state index contributed by atoms with van der Waals surface area (Å²) in [5.41, 5.74) is 3.83. The van der Waals surface area contributed by atoms with Crippen molar-refractivity contribution in [2.45, 2.75) is 46.6 Å². The minimum Gasteiger partial charge on any atom is -0.296 e. The minimum absolute atomic E-state index is 0.254. The molecule has 3 aromatic rings. The monoisotopic (exact) mass is 326 g/mol. The van der Waals surface area contributed by atoms with Gasteiger partial charge in [0.1, 0.15) is 0 Å². The standard InChI is InChI=1S/C18H22N4O2/c1-12-10-13(2)22(19-12)15-8-6-14(7-9-15)11-21-16(18(3,4)5)20-24-17(21)23/h6-10H,11H2,1-5H3. The quantitative estimate of drug-likeness (QED) is 0.742. The first-order chi connectivity index (χ1) is 11.3. The molecule has 0 N–H and O–H groups in total. The summed E-state index contributed by atoms with van der Waals surface area (Å²) >= 11 is 0. The molecule has 0 aliphatic carbocycles. The highest BCUT2D eigenvalue weighted by Gasteiger charge is 2.24. The van der Waals surface area contributed by atoms with E-state index in [2.05, 4.69) is 10.3 Å². The molecule has 2 heterocycles. The Bertz CT molecular complexity index is 908. The average Bonchev–Trinajstić information content (AvgIpc) is 3.02. The molecule has 0 saturated heterocycles. The third-order valence-electron chi connectivity index (χ3n) is 3.89. The van der Waals surface area contributed by atoms with Crippen LogP contribution in [0.4, 0.5) is 0 Å². The van der Waals surface area contributed by atoms with Gasteiger partial charge in [0.2, 0.25) is 0 Å². The van der Waals surface area contributed by atoms with Crippen LogP contribution in [0.15, 0.2) is 39.6 Å². The fourth-order valence-corrected chi connectivity index (χ4v) is 2.76. The van der Waals surface area contributed by atoms with E-state index in [-0.39, 0.29) is 5.41 Å². The summed E-state index contributed by atoms with van der Waals surface area (Å²) in [6.07, 6.45) is 0. The lowest BCUT2D eigenvalue weighted by molar-refractivity contribution is 0.367. The summed E-state index contributed by atoms with van der Waals surface area (Å²) < 4.78 is 8.34. The molecule has 0 radical (unpaired) electrons. The minimum atomic E-state index is -0.428. The van der Waals surface area contributed by atoms with E-state index in [0.29, 0.717) is 12.4 Å². The first kappa shape index (κ1) is 16.2. The molecular formula is C18H22N4O2. The predicted octanol–water partition coefficient (Wildman–Crippen LogP) is 2.98.